The Morgan fingerprint density at radius 1 is 0.193 bits per heavy atom. The Bertz CT molecular complexity index is 4400. The Morgan fingerprint density at radius 2 is 0.386 bits per heavy atom. The quantitative estimate of drug-likeness (QED) is 0.0887. The number of rotatable bonds is 16. The van der Waals surface area contributed by atoms with E-state index in [0.717, 1.165) is 122 Å². The van der Waals surface area contributed by atoms with Gasteiger partial charge < -0.3 is 17.7 Å². The molecule has 0 aliphatic heterocycles. The Morgan fingerprint density at radius 3 is 0.591 bits per heavy atom. The molecule has 12 aromatic carbocycles. The molecule has 0 bridgehead atoms. The van der Waals surface area contributed by atoms with Crippen molar-refractivity contribution in [3.63, 3.8) is 0 Å². The lowest BCUT2D eigenvalue weighted by Crippen LogP contribution is -2.16. The summed E-state index contributed by atoms with van der Waals surface area (Å²) in [5, 5.41) is 5.97. The van der Waals surface area contributed by atoms with Crippen molar-refractivity contribution in [3.8, 4) is 44.5 Å². The molecule has 0 N–H and O–H groups in total. The second kappa shape index (κ2) is 22.2. The maximum absolute atomic E-state index is 6.85. The molecule has 0 spiro atoms. The van der Waals surface area contributed by atoms with Gasteiger partial charge in [0, 0.05) is 77.3 Å². The third-order valence-corrected chi connectivity index (χ3v) is 16.6. The monoisotopic (exact) mass is 1130 g/mol. The van der Waals surface area contributed by atoms with Crippen molar-refractivity contribution in [3.05, 3.63) is 328 Å². The van der Waals surface area contributed by atoms with E-state index in [1.807, 2.05) is 24.3 Å². The molecule has 0 aliphatic rings. The first-order valence-corrected chi connectivity index (χ1v) is 29.4. The molecule has 418 valence electrons. The first-order chi connectivity index (χ1) is 43.7. The molecule has 88 heavy (non-hydrogen) atoms. The van der Waals surface area contributed by atoms with Gasteiger partial charge in [-0.2, -0.15) is 0 Å². The molecule has 8 heteroatoms. The van der Waals surface area contributed by atoms with Crippen molar-refractivity contribution in [2.45, 2.75) is 0 Å². The zero-order chi connectivity index (χ0) is 58.3. The summed E-state index contributed by atoms with van der Waals surface area (Å²) in [7, 11) is 0. The van der Waals surface area contributed by atoms with E-state index in [2.05, 4.69) is 299 Å². The molecule has 16 rings (SSSR count). The Kier molecular flexibility index (Phi) is 13.0. The second-order valence-electron chi connectivity index (χ2n) is 21.6. The minimum atomic E-state index is 0.664. The predicted molar refractivity (Wildman–Crippen MR) is 360 cm³/mol. The van der Waals surface area contributed by atoms with E-state index >= 15 is 0 Å². The summed E-state index contributed by atoms with van der Waals surface area (Å²) >= 11 is 0. The van der Waals surface area contributed by atoms with Crippen molar-refractivity contribution in [2.75, 3.05) is 19.6 Å². The zero-order valence-electron chi connectivity index (χ0n) is 47.6. The fourth-order valence-corrected chi connectivity index (χ4v) is 12.7. The van der Waals surface area contributed by atoms with E-state index in [1.165, 1.54) is 0 Å². The molecule has 0 fully saturated rings. The largest absolute Gasteiger partial charge is 0.447 e. The van der Waals surface area contributed by atoms with E-state index in [4.69, 9.17) is 17.7 Å². The average molecular weight is 1140 g/mol. The maximum Gasteiger partial charge on any atom is 0.212 e. The Labute approximate surface area is 508 Å². The van der Waals surface area contributed by atoms with Crippen LogP contribution >= 0.6 is 0 Å². The fourth-order valence-electron chi connectivity index (χ4n) is 12.7. The van der Waals surface area contributed by atoms with Crippen LogP contribution in [0.25, 0.3) is 76.8 Å². The summed E-state index contributed by atoms with van der Waals surface area (Å²) < 4.78 is 27.4. The van der Waals surface area contributed by atoms with E-state index < -0.39 is 0 Å². The van der Waals surface area contributed by atoms with Crippen molar-refractivity contribution < 1.29 is 17.7 Å². The van der Waals surface area contributed by atoms with Crippen molar-refractivity contribution in [2.24, 2.45) is 0 Å². The van der Waals surface area contributed by atoms with Crippen LogP contribution in [0.5, 0.6) is 0 Å². The summed E-state index contributed by atoms with van der Waals surface area (Å²) in [5.74, 6) is 2.66. The minimum Gasteiger partial charge on any atom is -0.447 e. The molecule has 16 aromatic rings. The van der Waals surface area contributed by atoms with Crippen LogP contribution < -0.4 is 19.6 Å². The van der Waals surface area contributed by atoms with Gasteiger partial charge in [0.25, 0.3) is 0 Å². The molecule has 4 heterocycles. The summed E-state index contributed by atoms with van der Waals surface area (Å²) in [5.41, 5.74) is 15.0. The highest BCUT2D eigenvalue weighted by Crippen LogP contribution is 2.57. The van der Waals surface area contributed by atoms with Crippen LogP contribution in [0.4, 0.5) is 69.0 Å². The summed E-state index contributed by atoms with van der Waals surface area (Å²) in [6, 6.07) is 106. The highest BCUT2D eigenvalue weighted by atomic mass is 16.4. The van der Waals surface area contributed by atoms with Crippen molar-refractivity contribution in [1.29, 1.82) is 0 Å². The SMILES string of the molecule is c1ccc(-c2ccoc2N(c2ccccc2)c2cc(N(c3ccccc3)c3occc3-c3ccccc3)c3ccc4c(N(c5ccccc5)c5occc5-c5ccccc5)cc(N(c5ccccc5)c5occc5-c5ccccc5)c5ccc2c3c54)cc1. The topological polar surface area (TPSA) is 65.5 Å². The van der Waals surface area contributed by atoms with Crippen LogP contribution in [0.3, 0.4) is 0 Å². The van der Waals surface area contributed by atoms with Gasteiger partial charge in [0.15, 0.2) is 0 Å². The first-order valence-electron chi connectivity index (χ1n) is 29.4. The smallest absolute Gasteiger partial charge is 0.212 e. The zero-order valence-corrected chi connectivity index (χ0v) is 47.6. The number of nitrogens with zero attached hydrogens (tertiary/aromatic N) is 4. The van der Waals surface area contributed by atoms with Crippen LogP contribution in [0.2, 0.25) is 0 Å². The highest BCUT2D eigenvalue weighted by molar-refractivity contribution is 6.33. The van der Waals surface area contributed by atoms with Gasteiger partial charge in [-0.1, -0.05) is 218 Å². The normalized spacial score (nSPS) is 11.4. The number of benzene rings is 12. The van der Waals surface area contributed by atoms with Crippen LogP contribution in [-0.4, -0.2) is 0 Å². The molecule has 0 saturated carbocycles. The van der Waals surface area contributed by atoms with Gasteiger partial charge in [-0.3, -0.25) is 19.6 Å². The molecule has 0 amide bonds. The van der Waals surface area contributed by atoms with Gasteiger partial charge in [-0.05, 0) is 107 Å². The van der Waals surface area contributed by atoms with E-state index in [1.54, 1.807) is 25.1 Å². The number of para-hydroxylation sites is 4. The van der Waals surface area contributed by atoms with Gasteiger partial charge in [0.05, 0.1) is 47.8 Å². The third kappa shape index (κ3) is 8.94. The van der Waals surface area contributed by atoms with Crippen LogP contribution in [0.15, 0.2) is 346 Å². The maximum atomic E-state index is 6.85. The summed E-state index contributed by atoms with van der Waals surface area (Å²) in [6.07, 6.45) is 7.17. The number of hydrogen-bond donors (Lipinski definition) is 0. The van der Waals surface area contributed by atoms with Crippen LogP contribution in [0, 0.1) is 0 Å². The lowest BCUT2D eigenvalue weighted by Gasteiger charge is -2.33. The predicted octanol–water partition coefficient (Wildman–Crippen LogP) is 23.5. The second-order valence-corrected chi connectivity index (χ2v) is 21.6. The lowest BCUT2D eigenvalue weighted by molar-refractivity contribution is 0.573. The van der Waals surface area contributed by atoms with E-state index in [0.29, 0.717) is 23.5 Å². The molecule has 0 radical (unpaired) electrons. The molecular weight excluding hydrogens is 1080 g/mol. The van der Waals surface area contributed by atoms with Gasteiger partial charge >= 0.3 is 0 Å². The number of furan rings is 4. The van der Waals surface area contributed by atoms with Gasteiger partial charge in [-0.25, -0.2) is 0 Å². The first kappa shape index (κ1) is 51.6. The Balaban J connectivity index is 1.09. The Hall–Kier alpha value is -12.0. The molecule has 4 aromatic heterocycles. The van der Waals surface area contributed by atoms with Gasteiger partial charge in [0.2, 0.25) is 23.5 Å². The molecule has 0 aliphatic carbocycles. The van der Waals surface area contributed by atoms with E-state index in [9.17, 15) is 0 Å². The van der Waals surface area contributed by atoms with Crippen LogP contribution in [-0.2, 0) is 0 Å². The van der Waals surface area contributed by atoms with Gasteiger partial charge in [0.1, 0.15) is 0 Å². The van der Waals surface area contributed by atoms with E-state index in [-0.39, 0.29) is 0 Å². The fraction of sp³-hybridized carbons (Fsp3) is 0. The van der Waals surface area contributed by atoms with Gasteiger partial charge in [-0.15, -0.1) is 0 Å². The molecule has 0 saturated heterocycles. The molecular formula is C80H54N4O4. The minimum absolute atomic E-state index is 0.664. The standard InChI is InChI=1S/C80H54N4O4/c1-9-25-55(26-10-1)63-45-49-85-77(63)81(59-33-17-5-18-34-59)71-53-72(82(60-35-19-6-20-36-60)78-64(46-50-86-78)56-27-11-2-12-28-56)68-43-44-70-74(84(62-39-23-8-24-40-62)80-66(48-52-88-80)58-31-15-4-16-32-58)54-73(69-42-41-67(71)75(68)76(69)70)83(61-37-21-7-22-38-61)79-65(47-51-87-79)57-29-13-3-14-30-57/h1-54H. The average Bonchev–Trinajstić information content (AvgIpc) is 0.885. The molecule has 8 nitrogen and oxygen atoms in total. The van der Waals surface area contributed by atoms with Crippen LogP contribution in [0.1, 0.15) is 0 Å². The molecule has 0 atom stereocenters. The number of anilines is 12. The summed E-state index contributed by atoms with van der Waals surface area (Å²) in [4.78, 5) is 9.11. The van der Waals surface area contributed by atoms with Crippen molar-refractivity contribution >= 4 is 101 Å². The highest BCUT2D eigenvalue weighted by Gasteiger charge is 2.33. The third-order valence-electron chi connectivity index (χ3n) is 16.6. The lowest BCUT2D eigenvalue weighted by atomic mass is 9.89. The molecule has 0 unspecified atom stereocenters. The van der Waals surface area contributed by atoms with Crippen molar-refractivity contribution in [1.82, 2.24) is 0 Å². The summed E-state index contributed by atoms with van der Waals surface area (Å²) in [6.45, 7) is 0. The number of hydrogen-bond acceptors (Lipinski definition) is 8.